The van der Waals surface area contributed by atoms with Crippen molar-refractivity contribution in [3.63, 3.8) is 0 Å². The first-order valence-electron chi connectivity index (χ1n) is 5.47. The predicted molar refractivity (Wildman–Crippen MR) is 75.6 cm³/mol. The molecule has 1 aliphatic rings. The Hall–Kier alpha value is -0.630. The molecule has 3 N–H and O–H groups in total. The van der Waals surface area contributed by atoms with E-state index in [1.54, 1.807) is 0 Å². The van der Waals surface area contributed by atoms with Crippen molar-refractivity contribution in [2.45, 2.75) is 30.2 Å². The number of amides is 1. The lowest BCUT2D eigenvalue weighted by atomic mass is 10.2. The minimum Gasteiger partial charge on any atom is -0.347 e. The maximum absolute atomic E-state index is 12.1. The summed E-state index contributed by atoms with van der Waals surface area (Å²) in [6.45, 7) is 1.91. The summed E-state index contributed by atoms with van der Waals surface area (Å²) in [4.78, 5) is 11.9. The third-order valence-electron chi connectivity index (χ3n) is 2.99. The van der Waals surface area contributed by atoms with Gasteiger partial charge in [0, 0.05) is 10.0 Å². The minimum absolute atomic E-state index is 0.0991. The number of nitrogens with one attached hydrogen (secondary N) is 1. The number of hydrogen-bond acceptors (Lipinski definition) is 3. The number of sulfonamides is 1. The van der Waals surface area contributed by atoms with Crippen molar-refractivity contribution >= 4 is 43.5 Å². The minimum atomic E-state index is -3.92. The van der Waals surface area contributed by atoms with Crippen LogP contribution in [0.25, 0.3) is 0 Å². The molecule has 0 radical (unpaired) electrons. The summed E-state index contributed by atoms with van der Waals surface area (Å²) in [7, 11) is -3.92. The SMILES string of the molecule is CC1(NC(=O)c2cc(S(N)(=O)=O)c(Br)cc2Cl)CC1. The molecule has 8 heteroatoms. The summed E-state index contributed by atoms with van der Waals surface area (Å²) < 4.78 is 23.1. The highest BCUT2D eigenvalue weighted by molar-refractivity contribution is 9.10. The van der Waals surface area contributed by atoms with Gasteiger partial charge in [-0.1, -0.05) is 11.6 Å². The molecule has 0 aromatic heterocycles. The highest BCUT2D eigenvalue weighted by atomic mass is 79.9. The summed E-state index contributed by atoms with van der Waals surface area (Å²) in [5, 5.41) is 8.06. The van der Waals surface area contributed by atoms with Crippen LogP contribution in [-0.2, 0) is 10.0 Å². The van der Waals surface area contributed by atoms with Crippen LogP contribution in [0.3, 0.4) is 0 Å². The molecule has 5 nitrogen and oxygen atoms in total. The molecule has 1 amide bonds. The molecule has 0 saturated heterocycles. The van der Waals surface area contributed by atoms with Crippen LogP contribution in [0.15, 0.2) is 21.5 Å². The van der Waals surface area contributed by atoms with Gasteiger partial charge in [-0.3, -0.25) is 4.79 Å². The van der Waals surface area contributed by atoms with Gasteiger partial charge in [-0.25, -0.2) is 13.6 Å². The van der Waals surface area contributed by atoms with Crippen LogP contribution in [0.5, 0.6) is 0 Å². The van der Waals surface area contributed by atoms with E-state index in [1.165, 1.54) is 12.1 Å². The summed E-state index contributed by atoms with van der Waals surface area (Å²) in [5.41, 5.74) is -0.114. The first-order chi connectivity index (χ1) is 8.62. The van der Waals surface area contributed by atoms with E-state index in [0.29, 0.717) is 0 Å². The maximum Gasteiger partial charge on any atom is 0.253 e. The molecule has 0 unspecified atom stereocenters. The Balaban J connectivity index is 2.43. The first-order valence-corrected chi connectivity index (χ1v) is 8.18. The van der Waals surface area contributed by atoms with Crippen LogP contribution in [-0.4, -0.2) is 19.9 Å². The highest BCUT2D eigenvalue weighted by Gasteiger charge is 2.39. The fourth-order valence-electron chi connectivity index (χ4n) is 1.58. The van der Waals surface area contributed by atoms with E-state index in [9.17, 15) is 13.2 Å². The van der Waals surface area contributed by atoms with E-state index in [4.69, 9.17) is 16.7 Å². The Morgan fingerprint density at radius 3 is 2.53 bits per heavy atom. The van der Waals surface area contributed by atoms with Gasteiger partial charge in [0.2, 0.25) is 10.0 Å². The molecule has 104 valence electrons. The van der Waals surface area contributed by atoms with E-state index >= 15 is 0 Å². The van der Waals surface area contributed by atoms with Gasteiger partial charge < -0.3 is 5.32 Å². The Bertz CT molecular complexity index is 656. The highest BCUT2D eigenvalue weighted by Crippen LogP contribution is 2.35. The van der Waals surface area contributed by atoms with E-state index in [0.717, 1.165) is 12.8 Å². The molecule has 2 rings (SSSR count). The van der Waals surface area contributed by atoms with E-state index in [2.05, 4.69) is 21.2 Å². The number of rotatable bonds is 3. The molecule has 1 aromatic rings. The Morgan fingerprint density at radius 2 is 2.05 bits per heavy atom. The first kappa shape index (κ1) is 14.8. The van der Waals surface area contributed by atoms with Crippen LogP contribution in [0, 0.1) is 0 Å². The van der Waals surface area contributed by atoms with Crippen molar-refractivity contribution in [1.29, 1.82) is 0 Å². The third kappa shape index (κ3) is 3.28. The Labute approximate surface area is 124 Å². The lowest BCUT2D eigenvalue weighted by Crippen LogP contribution is -2.34. The second kappa shape index (κ2) is 4.73. The molecular weight excluding hydrogens is 356 g/mol. The molecule has 1 fully saturated rings. The maximum atomic E-state index is 12.1. The number of primary sulfonamides is 1. The van der Waals surface area contributed by atoms with E-state index < -0.39 is 15.9 Å². The number of hydrogen-bond donors (Lipinski definition) is 2. The normalized spacial score (nSPS) is 17.1. The molecule has 0 atom stereocenters. The Kier molecular flexibility index (Phi) is 3.68. The van der Waals surface area contributed by atoms with Gasteiger partial charge >= 0.3 is 0 Å². The van der Waals surface area contributed by atoms with E-state index in [1.807, 2.05) is 6.92 Å². The topological polar surface area (TPSA) is 89.3 Å². The van der Waals surface area contributed by atoms with Gasteiger partial charge in [0.25, 0.3) is 5.91 Å². The number of halogens is 2. The van der Waals surface area contributed by atoms with Gasteiger partial charge in [0.15, 0.2) is 0 Å². The largest absolute Gasteiger partial charge is 0.347 e. The zero-order chi connectivity index (χ0) is 14.4. The number of carbonyl (C=O) groups excluding carboxylic acids is 1. The fourth-order valence-corrected chi connectivity index (χ4v) is 3.59. The van der Waals surface area contributed by atoms with Crippen molar-refractivity contribution < 1.29 is 13.2 Å². The number of nitrogens with two attached hydrogens (primary N) is 1. The molecule has 19 heavy (non-hydrogen) atoms. The van der Waals surface area contributed by atoms with Crippen molar-refractivity contribution in [3.05, 3.63) is 27.2 Å². The molecule has 0 aliphatic heterocycles. The van der Waals surface area contributed by atoms with Gasteiger partial charge in [-0.05, 0) is 47.8 Å². The molecule has 1 saturated carbocycles. The van der Waals surface area contributed by atoms with Crippen LogP contribution in [0.4, 0.5) is 0 Å². The standard InChI is InChI=1S/C11H12BrClN2O3S/c1-11(2-3-11)15-10(16)6-4-9(19(14,17)18)7(12)5-8(6)13/h4-5H,2-3H2,1H3,(H,15,16)(H2,14,17,18). The van der Waals surface area contributed by atoms with Crippen LogP contribution >= 0.6 is 27.5 Å². The van der Waals surface area contributed by atoms with Crippen LogP contribution < -0.4 is 10.5 Å². The second-order valence-electron chi connectivity index (χ2n) is 4.82. The van der Waals surface area contributed by atoms with Crippen molar-refractivity contribution in [2.24, 2.45) is 5.14 Å². The second-order valence-corrected chi connectivity index (χ2v) is 7.61. The summed E-state index contributed by atoms with van der Waals surface area (Å²) >= 11 is 9.03. The predicted octanol–water partition coefficient (Wildman–Crippen LogP) is 2.03. The zero-order valence-electron chi connectivity index (χ0n) is 10.0. The lowest BCUT2D eigenvalue weighted by molar-refractivity contribution is 0.0935. The molecule has 0 bridgehead atoms. The van der Waals surface area contributed by atoms with Gasteiger partial charge in [-0.2, -0.15) is 0 Å². The Morgan fingerprint density at radius 1 is 1.47 bits per heavy atom. The third-order valence-corrected chi connectivity index (χ3v) is 5.17. The van der Waals surface area contributed by atoms with Crippen molar-refractivity contribution in [3.8, 4) is 0 Å². The van der Waals surface area contributed by atoms with Crippen LogP contribution in [0.1, 0.15) is 30.1 Å². The molecule has 0 heterocycles. The molecule has 1 aromatic carbocycles. The van der Waals surface area contributed by atoms with Crippen LogP contribution in [0.2, 0.25) is 5.02 Å². The van der Waals surface area contributed by atoms with Gasteiger partial charge in [0.05, 0.1) is 15.5 Å². The average molecular weight is 368 g/mol. The summed E-state index contributed by atoms with van der Waals surface area (Å²) in [5.74, 6) is -0.401. The monoisotopic (exact) mass is 366 g/mol. The van der Waals surface area contributed by atoms with Gasteiger partial charge in [0.1, 0.15) is 0 Å². The fraction of sp³-hybridized carbons (Fsp3) is 0.364. The van der Waals surface area contributed by atoms with Gasteiger partial charge in [-0.15, -0.1) is 0 Å². The van der Waals surface area contributed by atoms with E-state index in [-0.39, 0.29) is 25.5 Å². The lowest BCUT2D eigenvalue weighted by Gasteiger charge is -2.13. The smallest absolute Gasteiger partial charge is 0.253 e. The zero-order valence-corrected chi connectivity index (χ0v) is 13.2. The average Bonchev–Trinajstić information content (AvgIpc) is 2.93. The van der Waals surface area contributed by atoms with Crippen molar-refractivity contribution in [2.75, 3.05) is 0 Å². The number of carbonyl (C=O) groups is 1. The summed E-state index contributed by atoms with van der Waals surface area (Å²) in [6, 6.07) is 2.54. The summed E-state index contributed by atoms with van der Waals surface area (Å²) in [6.07, 6.45) is 1.80. The quantitative estimate of drug-likeness (QED) is 0.856. The number of benzene rings is 1. The van der Waals surface area contributed by atoms with Crippen molar-refractivity contribution in [1.82, 2.24) is 5.32 Å². The molecular formula is C11H12BrClN2O3S. The molecule has 1 aliphatic carbocycles. The molecule has 0 spiro atoms.